The highest BCUT2D eigenvalue weighted by atomic mass is 79.9. The van der Waals surface area contributed by atoms with Crippen molar-refractivity contribution < 1.29 is 4.74 Å². The van der Waals surface area contributed by atoms with Crippen LogP contribution in [0, 0.1) is 0 Å². The Kier molecular flexibility index (Phi) is 5.43. The largest absolute Gasteiger partial charge is 0.374 e. The molecule has 0 amide bonds. The van der Waals surface area contributed by atoms with Crippen LogP contribution in [-0.2, 0) is 11.2 Å². The maximum atomic E-state index is 6.50. The number of rotatable bonds is 5. The molecule has 0 spiro atoms. The zero-order chi connectivity index (χ0) is 13.7. The Morgan fingerprint density at radius 2 is 1.84 bits per heavy atom. The van der Waals surface area contributed by atoms with Gasteiger partial charge in [0.05, 0.1) is 5.60 Å². The third kappa shape index (κ3) is 3.80. The fraction of sp³-hybridized carbons (Fsp3) is 0.625. The first-order valence-corrected chi connectivity index (χ1v) is 8.09. The molecule has 3 heteroatoms. The first-order chi connectivity index (χ1) is 9.16. The number of ether oxygens (including phenoxy) is 1. The van der Waals surface area contributed by atoms with E-state index >= 15 is 0 Å². The number of nitrogens with two attached hydrogens (primary N) is 1. The van der Waals surface area contributed by atoms with E-state index in [9.17, 15) is 0 Å². The van der Waals surface area contributed by atoms with Crippen LogP contribution in [0.4, 0.5) is 0 Å². The van der Waals surface area contributed by atoms with E-state index in [1.807, 2.05) is 0 Å². The van der Waals surface area contributed by atoms with Gasteiger partial charge in [0.15, 0.2) is 0 Å². The van der Waals surface area contributed by atoms with E-state index in [2.05, 4.69) is 47.1 Å². The molecule has 2 rings (SSSR count). The van der Waals surface area contributed by atoms with Crippen molar-refractivity contribution in [3.8, 4) is 0 Å². The van der Waals surface area contributed by atoms with Crippen LogP contribution in [0.25, 0.3) is 0 Å². The summed E-state index contributed by atoms with van der Waals surface area (Å²) >= 11 is 3.47. The molecule has 1 aromatic carbocycles. The molecule has 1 atom stereocenters. The van der Waals surface area contributed by atoms with Gasteiger partial charge < -0.3 is 10.5 Å². The van der Waals surface area contributed by atoms with Gasteiger partial charge in [-0.1, -0.05) is 47.3 Å². The van der Waals surface area contributed by atoms with Crippen LogP contribution in [-0.4, -0.2) is 18.2 Å². The Balaban J connectivity index is 2.06. The lowest BCUT2D eigenvalue weighted by Gasteiger charge is -2.41. The summed E-state index contributed by atoms with van der Waals surface area (Å²) in [6, 6.07) is 8.54. The Hall–Kier alpha value is -0.380. The molecule has 0 aliphatic heterocycles. The Labute approximate surface area is 124 Å². The fourth-order valence-corrected chi connectivity index (χ4v) is 3.38. The standard InChI is InChI=1S/C16H24BrNO/c1-2-19-16(10-4-3-5-11-16)15(18)12-13-6-8-14(17)9-7-13/h6-9,15H,2-5,10-12,18H2,1H3. The summed E-state index contributed by atoms with van der Waals surface area (Å²) in [7, 11) is 0. The number of hydrogen-bond acceptors (Lipinski definition) is 2. The maximum absolute atomic E-state index is 6.50. The van der Waals surface area contributed by atoms with E-state index in [1.54, 1.807) is 0 Å². The summed E-state index contributed by atoms with van der Waals surface area (Å²) in [5.41, 5.74) is 7.70. The highest BCUT2D eigenvalue weighted by Crippen LogP contribution is 2.35. The second kappa shape index (κ2) is 6.87. The molecule has 2 nitrogen and oxygen atoms in total. The third-order valence-electron chi connectivity index (χ3n) is 4.18. The molecular weight excluding hydrogens is 302 g/mol. The zero-order valence-corrected chi connectivity index (χ0v) is 13.3. The van der Waals surface area contributed by atoms with Crippen molar-refractivity contribution in [1.29, 1.82) is 0 Å². The maximum Gasteiger partial charge on any atom is 0.0835 e. The van der Waals surface area contributed by atoms with Crippen LogP contribution >= 0.6 is 15.9 Å². The van der Waals surface area contributed by atoms with Gasteiger partial charge in [0.2, 0.25) is 0 Å². The monoisotopic (exact) mass is 325 g/mol. The molecule has 1 fully saturated rings. The molecule has 1 aromatic rings. The van der Waals surface area contributed by atoms with Crippen LogP contribution in [0.2, 0.25) is 0 Å². The minimum absolute atomic E-state index is 0.0916. The molecule has 0 aromatic heterocycles. The minimum atomic E-state index is -0.0971. The Morgan fingerprint density at radius 3 is 2.42 bits per heavy atom. The van der Waals surface area contributed by atoms with E-state index in [1.165, 1.54) is 24.8 Å². The van der Waals surface area contributed by atoms with Crippen molar-refractivity contribution >= 4 is 15.9 Å². The van der Waals surface area contributed by atoms with Crippen LogP contribution in [0.3, 0.4) is 0 Å². The zero-order valence-electron chi connectivity index (χ0n) is 11.7. The van der Waals surface area contributed by atoms with Crippen molar-refractivity contribution in [3.05, 3.63) is 34.3 Å². The highest BCUT2D eigenvalue weighted by Gasteiger charge is 2.38. The summed E-state index contributed by atoms with van der Waals surface area (Å²) < 4.78 is 7.21. The van der Waals surface area contributed by atoms with Gasteiger partial charge in [-0.25, -0.2) is 0 Å². The number of halogens is 1. The molecule has 1 aliphatic rings. The van der Waals surface area contributed by atoms with Gasteiger partial charge in [-0.3, -0.25) is 0 Å². The number of benzene rings is 1. The molecule has 1 aliphatic carbocycles. The molecule has 0 bridgehead atoms. The second-order valence-electron chi connectivity index (χ2n) is 5.50. The summed E-state index contributed by atoms with van der Waals surface area (Å²) in [5, 5.41) is 0. The van der Waals surface area contributed by atoms with E-state index in [0.29, 0.717) is 0 Å². The van der Waals surface area contributed by atoms with Crippen LogP contribution in [0.5, 0.6) is 0 Å². The Bertz CT molecular complexity index is 379. The van der Waals surface area contributed by atoms with Crippen LogP contribution < -0.4 is 5.73 Å². The van der Waals surface area contributed by atoms with Crippen molar-refractivity contribution in [1.82, 2.24) is 0 Å². The van der Waals surface area contributed by atoms with Crippen molar-refractivity contribution in [3.63, 3.8) is 0 Å². The summed E-state index contributed by atoms with van der Waals surface area (Å²) in [5.74, 6) is 0. The molecule has 106 valence electrons. The Morgan fingerprint density at radius 1 is 1.21 bits per heavy atom. The van der Waals surface area contributed by atoms with Gasteiger partial charge in [-0.15, -0.1) is 0 Å². The second-order valence-corrected chi connectivity index (χ2v) is 6.41. The smallest absolute Gasteiger partial charge is 0.0835 e. The van der Waals surface area contributed by atoms with Gasteiger partial charge in [-0.2, -0.15) is 0 Å². The van der Waals surface area contributed by atoms with Gasteiger partial charge in [0, 0.05) is 17.1 Å². The highest BCUT2D eigenvalue weighted by molar-refractivity contribution is 9.10. The van der Waals surface area contributed by atoms with Gasteiger partial charge >= 0.3 is 0 Å². The molecule has 0 radical (unpaired) electrons. The lowest BCUT2D eigenvalue weighted by molar-refractivity contribution is -0.0817. The molecule has 0 heterocycles. The fourth-order valence-electron chi connectivity index (χ4n) is 3.12. The topological polar surface area (TPSA) is 35.2 Å². The first-order valence-electron chi connectivity index (χ1n) is 7.30. The first kappa shape index (κ1) is 15.0. The normalized spacial score (nSPS) is 20.2. The van der Waals surface area contributed by atoms with E-state index in [-0.39, 0.29) is 11.6 Å². The summed E-state index contributed by atoms with van der Waals surface area (Å²) in [4.78, 5) is 0. The van der Waals surface area contributed by atoms with E-state index in [0.717, 1.165) is 30.3 Å². The van der Waals surface area contributed by atoms with E-state index < -0.39 is 0 Å². The third-order valence-corrected chi connectivity index (χ3v) is 4.70. The van der Waals surface area contributed by atoms with Crippen LogP contribution in [0.1, 0.15) is 44.6 Å². The molecule has 1 saturated carbocycles. The van der Waals surface area contributed by atoms with Crippen molar-refractivity contribution in [2.75, 3.05) is 6.61 Å². The molecule has 1 unspecified atom stereocenters. The molecule has 0 saturated heterocycles. The average Bonchev–Trinajstić information content (AvgIpc) is 2.43. The molecule has 2 N–H and O–H groups in total. The predicted octanol–water partition coefficient (Wildman–Crippen LogP) is 4.06. The van der Waals surface area contributed by atoms with Gasteiger partial charge in [0.1, 0.15) is 0 Å². The van der Waals surface area contributed by atoms with Crippen LogP contribution in [0.15, 0.2) is 28.7 Å². The quantitative estimate of drug-likeness (QED) is 0.886. The number of hydrogen-bond donors (Lipinski definition) is 1. The summed E-state index contributed by atoms with van der Waals surface area (Å²) in [6.07, 6.45) is 6.92. The predicted molar refractivity (Wildman–Crippen MR) is 83.3 cm³/mol. The summed E-state index contributed by atoms with van der Waals surface area (Å²) in [6.45, 7) is 2.83. The van der Waals surface area contributed by atoms with Crippen molar-refractivity contribution in [2.24, 2.45) is 5.73 Å². The van der Waals surface area contributed by atoms with Crippen molar-refractivity contribution in [2.45, 2.75) is 57.1 Å². The molecule has 19 heavy (non-hydrogen) atoms. The van der Waals surface area contributed by atoms with Gasteiger partial charge in [0.25, 0.3) is 0 Å². The lowest BCUT2D eigenvalue weighted by Crippen LogP contribution is -2.52. The molecular formula is C16H24BrNO. The van der Waals surface area contributed by atoms with Gasteiger partial charge in [-0.05, 0) is 43.9 Å². The van der Waals surface area contributed by atoms with E-state index in [4.69, 9.17) is 10.5 Å². The SMILES string of the molecule is CCOC1(C(N)Cc2ccc(Br)cc2)CCCCC1. The average molecular weight is 326 g/mol. The lowest BCUT2D eigenvalue weighted by atomic mass is 9.77. The minimum Gasteiger partial charge on any atom is -0.374 e.